The van der Waals surface area contributed by atoms with Gasteiger partial charge in [-0.2, -0.15) is 0 Å². The van der Waals surface area contributed by atoms with E-state index < -0.39 is 5.91 Å². The molecule has 2 aromatic rings. The van der Waals surface area contributed by atoms with Gasteiger partial charge in [0.1, 0.15) is 0 Å². The summed E-state index contributed by atoms with van der Waals surface area (Å²) in [5, 5.41) is 20.7. The summed E-state index contributed by atoms with van der Waals surface area (Å²) in [4.78, 5) is 25.1. The van der Waals surface area contributed by atoms with Crippen molar-refractivity contribution in [3.05, 3.63) is 60.2 Å². The molecular formula is C17H19N3O4. The number of rotatable bonds is 7. The molecule has 0 heterocycles. The molecule has 0 bridgehead atoms. The summed E-state index contributed by atoms with van der Waals surface area (Å²) in [6.45, 7) is 0.117. The quantitative estimate of drug-likeness (QED) is 0.452. The molecule has 7 nitrogen and oxygen atoms in total. The van der Waals surface area contributed by atoms with Crippen LogP contribution >= 0.6 is 0 Å². The van der Waals surface area contributed by atoms with Gasteiger partial charge in [-0.05, 0) is 36.4 Å². The Morgan fingerprint density at radius 2 is 1.67 bits per heavy atom. The normalized spacial score (nSPS) is 10.1. The van der Waals surface area contributed by atoms with Crippen LogP contribution in [-0.4, -0.2) is 41.8 Å². The third kappa shape index (κ3) is 4.55. The van der Waals surface area contributed by atoms with Crippen molar-refractivity contribution in [2.75, 3.05) is 29.9 Å². The summed E-state index contributed by atoms with van der Waals surface area (Å²) in [5.41, 5.74) is 3.24. The Hall–Kier alpha value is -2.90. The molecule has 0 aromatic heterocycles. The predicted molar refractivity (Wildman–Crippen MR) is 90.1 cm³/mol. The summed E-state index contributed by atoms with van der Waals surface area (Å²) in [5.74, 6) is -0.789. The number of nitrogens with zero attached hydrogens (tertiary/aromatic N) is 1. The lowest BCUT2D eigenvalue weighted by Gasteiger charge is -2.22. The Morgan fingerprint density at radius 1 is 1.00 bits per heavy atom. The SMILES string of the molecule is O=C(NO)c1ccc(NCC(=O)N(CCO)c2ccccc2)cc1. The van der Waals surface area contributed by atoms with Gasteiger partial charge in [0.15, 0.2) is 0 Å². The predicted octanol–water partition coefficient (Wildman–Crippen LogP) is 1.24. The van der Waals surface area contributed by atoms with Crippen molar-refractivity contribution in [3.63, 3.8) is 0 Å². The molecule has 0 fully saturated rings. The molecule has 126 valence electrons. The van der Waals surface area contributed by atoms with Gasteiger partial charge >= 0.3 is 0 Å². The molecule has 4 N–H and O–H groups in total. The van der Waals surface area contributed by atoms with Crippen LogP contribution in [0.3, 0.4) is 0 Å². The average molecular weight is 329 g/mol. The van der Waals surface area contributed by atoms with Crippen LogP contribution in [-0.2, 0) is 4.79 Å². The average Bonchev–Trinajstić information content (AvgIpc) is 2.64. The van der Waals surface area contributed by atoms with Gasteiger partial charge in [0.25, 0.3) is 5.91 Å². The van der Waals surface area contributed by atoms with Gasteiger partial charge in [-0.15, -0.1) is 0 Å². The maximum Gasteiger partial charge on any atom is 0.274 e. The molecule has 0 saturated heterocycles. The van der Waals surface area contributed by atoms with Crippen LogP contribution in [0.2, 0.25) is 0 Å². The highest BCUT2D eigenvalue weighted by Gasteiger charge is 2.14. The summed E-state index contributed by atoms with van der Waals surface area (Å²) in [6, 6.07) is 15.4. The molecule has 2 rings (SSSR count). The molecule has 0 aliphatic heterocycles. The van der Waals surface area contributed by atoms with Gasteiger partial charge < -0.3 is 15.3 Å². The summed E-state index contributed by atoms with van der Waals surface area (Å²) >= 11 is 0. The second-order valence-electron chi connectivity index (χ2n) is 4.98. The lowest BCUT2D eigenvalue weighted by Crippen LogP contribution is -2.37. The van der Waals surface area contributed by atoms with E-state index in [1.807, 2.05) is 18.2 Å². The number of benzene rings is 2. The van der Waals surface area contributed by atoms with E-state index in [0.29, 0.717) is 16.9 Å². The number of hydrogen-bond donors (Lipinski definition) is 4. The van der Waals surface area contributed by atoms with Crippen LogP contribution < -0.4 is 15.7 Å². The third-order valence-corrected chi connectivity index (χ3v) is 3.38. The highest BCUT2D eigenvalue weighted by atomic mass is 16.5. The molecule has 0 radical (unpaired) electrons. The zero-order chi connectivity index (χ0) is 17.4. The first-order chi connectivity index (χ1) is 11.7. The minimum Gasteiger partial charge on any atom is -0.395 e. The molecule has 7 heteroatoms. The number of carbonyl (C=O) groups excluding carboxylic acids is 2. The van der Waals surface area contributed by atoms with E-state index in [1.165, 1.54) is 17.0 Å². The van der Waals surface area contributed by atoms with E-state index >= 15 is 0 Å². The lowest BCUT2D eigenvalue weighted by molar-refractivity contribution is -0.117. The minimum absolute atomic E-state index is 0.0421. The van der Waals surface area contributed by atoms with E-state index in [4.69, 9.17) is 10.3 Å². The van der Waals surface area contributed by atoms with Gasteiger partial charge in [0, 0.05) is 23.5 Å². The lowest BCUT2D eigenvalue weighted by atomic mass is 10.2. The van der Waals surface area contributed by atoms with E-state index in [0.717, 1.165) is 0 Å². The first-order valence-electron chi connectivity index (χ1n) is 7.40. The fourth-order valence-corrected chi connectivity index (χ4v) is 2.18. The number of para-hydroxylation sites is 1. The number of aliphatic hydroxyl groups excluding tert-OH is 1. The summed E-state index contributed by atoms with van der Waals surface area (Å²) < 4.78 is 0. The number of nitrogens with one attached hydrogen (secondary N) is 2. The highest BCUT2D eigenvalue weighted by Crippen LogP contribution is 2.14. The monoisotopic (exact) mass is 329 g/mol. The Morgan fingerprint density at radius 3 is 2.25 bits per heavy atom. The van der Waals surface area contributed by atoms with Crippen molar-refractivity contribution in [2.24, 2.45) is 0 Å². The highest BCUT2D eigenvalue weighted by molar-refractivity contribution is 5.96. The topological polar surface area (TPSA) is 102 Å². The molecule has 0 atom stereocenters. The largest absolute Gasteiger partial charge is 0.395 e. The van der Waals surface area contributed by atoms with Crippen LogP contribution in [0.4, 0.5) is 11.4 Å². The van der Waals surface area contributed by atoms with Gasteiger partial charge in [0.2, 0.25) is 5.91 Å². The van der Waals surface area contributed by atoms with Crippen molar-refractivity contribution < 1.29 is 19.9 Å². The molecule has 0 aliphatic carbocycles. The number of amides is 2. The van der Waals surface area contributed by atoms with Crippen molar-refractivity contribution in [1.82, 2.24) is 5.48 Å². The molecule has 0 aliphatic rings. The van der Waals surface area contributed by atoms with E-state index in [9.17, 15) is 9.59 Å². The van der Waals surface area contributed by atoms with E-state index in [1.54, 1.807) is 29.7 Å². The zero-order valence-corrected chi connectivity index (χ0v) is 13.0. The van der Waals surface area contributed by atoms with Gasteiger partial charge in [-0.1, -0.05) is 18.2 Å². The van der Waals surface area contributed by atoms with Crippen molar-refractivity contribution in [2.45, 2.75) is 0 Å². The van der Waals surface area contributed by atoms with Crippen LogP contribution in [0.25, 0.3) is 0 Å². The van der Waals surface area contributed by atoms with Crippen molar-refractivity contribution in [1.29, 1.82) is 0 Å². The third-order valence-electron chi connectivity index (χ3n) is 3.38. The molecule has 0 unspecified atom stereocenters. The van der Waals surface area contributed by atoms with E-state index in [-0.39, 0.29) is 25.6 Å². The number of carbonyl (C=O) groups is 2. The first-order valence-corrected chi connectivity index (χ1v) is 7.40. The van der Waals surface area contributed by atoms with Gasteiger partial charge in [-0.25, -0.2) is 5.48 Å². The van der Waals surface area contributed by atoms with Crippen LogP contribution in [0.15, 0.2) is 54.6 Å². The van der Waals surface area contributed by atoms with Gasteiger partial charge in [-0.3, -0.25) is 14.8 Å². The molecule has 0 saturated carbocycles. The summed E-state index contributed by atoms with van der Waals surface area (Å²) in [7, 11) is 0. The number of aliphatic hydroxyl groups is 1. The molecule has 2 amide bonds. The molecule has 24 heavy (non-hydrogen) atoms. The second kappa shape index (κ2) is 8.66. The Kier molecular flexibility index (Phi) is 6.30. The van der Waals surface area contributed by atoms with Crippen LogP contribution in [0, 0.1) is 0 Å². The van der Waals surface area contributed by atoms with Crippen molar-refractivity contribution >= 4 is 23.2 Å². The van der Waals surface area contributed by atoms with Crippen LogP contribution in [0.5, 0.6) is 0 Å². The fourth-order valence-electron chi connectivity index (χ4n) is 2.18. The molecule has 0 spiro atoms. The van der Waals surface area contributed by atoms with E-state index in [2.05, 4.69) is 5.32 Å². The maximum atomic E-state index is 12.4. The Bertz CT molecular complexity index is 674. The Balaban J connectivity index is 1.99. The van der Waals surface area contributed by atoms with Crippen molar-refractivity contribution in [3.8, 4) is 0 Å². The molecular weight excluding hydrogens is 310 g/mol. The number of hydrogen-bond acceptors (Lipinski definition) is 5. The number of hydroxylamine groups is 1. The van der Waals surface area contributed by atoms with Gasteiger partial charge in [0.05, 0.1) is 13.2 Å². The standard InChI is InChI=1S/C17H19N3O4/c21-11-10-20(15-4-2-1-3-5-15)16(22)12-18-14-8-6-13(7-9-14)17(23)19-24/h1-9,18,21,24H,10-12H2,(H,19,23). The molecule has 2 aromatic carbocycles. The second-order valence-corrected chi connectivity index (χ2v) is 4.98. The smallest absolute Gasteiger partial charge is 0.274 e. The summed E-state index contributed by atoms with van der Waals surface area (Å²) in [6.07, 6.45) is 0. The zero-order valence-electron chi connectivity index (χ0n) is 13.0. The maximum absolute atomic E-state index is 12.4. The minimum atomic E-state index is -0.601. The fraction of sp³-hybridized carbons (Fsp3) is 0.176. The van der Waals surface area contributed by atoms with Crippen LogP contribution in [0.1, 0.15) is 10.4 Å². The first kappa shape index (κ1) is 17.5. The number of anilines is 2. The Labute approximate surface area is 139 Å².